The summed E-state index contributed by atoms with van der Waals surface area (Å²) >= 11 is 0. The lowest BCUT2D eigenvalue weighted by atomic mass is 10.1. The molecule has 0 aliphatic carbocycles. The summed E-state index contributed by atoms with van der Waals surface area (Å²) in [5.41, 5.74) is 6.15. The molecule has 4 nitrogen and oxygen atoms in total. The zero-order valence-electron chi connectivity index (χ0n) is 8.36. The van der Waals surface area contributed by atoms with Crippen LogP contribution in [0.2, 0.25) is 0 Å². The van der Waals surface area contributed by atoms with Crippen LogP contribution in [0.25, 0.3) is 6.08 Å². The molecule has 0 atom stereocenters. The Hall–Kier alpha value is -2.10. The minimum atomic E-state index is -0.540. The van der Waals surface area contributed by atoms with Crippen molar-refractivity contribution in [3.05, 3.63) is 41.5 Å². The van der Waals surface area contributed by atoms with Crippen molar-refractivity contribution < 1.29 is 9.59 Å². The lowest BCUT2D eigenvalue weighted by molar-refractivity contribution is -0.113. The summed E-state index contributed by atoms with van der Waals surface area (Å²) in [6.45, 7) is 0. The Bertz CT molecular complexity index is 411. The van der Waals surface area contributed by atoms with Gasteiger partial charge in [0.25, 0.3) is 5.91 Å². The monoisotopic (exact) mass is 204 g/mol. The highest BCUT2D eigenvalue weighted by atomic mass is 16.1. The molecule has 0 fully saturated rings. The number of carbonyl (C=O) groups is 2. The smallest absolute Gasteiger partial charge is 0.251 e. The van der Waals surface area contributed by atoms with E-state index in [-0.39, 0.29) is 5.91 Å². The number of hydrogen-bond donors (Lipinski definition) is 2. The van der Waals surface area contributed by atoms with E-state index in [9.17, 15) is 9.59 Å². The van der Waals surface area contributed by atoms with Gasteiger partial charge in [0.2, 0.25) is 5.91 Å². The minimum Gasteiger partial charge on any atom is -0.366 e. The number of primary amides is 1. The van der Waals surface area contributed by atoms with Crippen LogP contribution in [-0.4, -0.2) is 18.9 Å². The third-order valence-electron chi connectivity index (χ3n) is 1.86. The van der Waals surface area contributed by atoms with Crippen molar-refractivity contribution in [2.24, 2.45) is 5.73 Å². The Morgan fingerprint density at radius 1 is 1.33 bits per heavy atom. The molecule has 0 aliphatic heterocycles. The maximum Gasteiger partial charge on any atom is 0.251 e. The predicted octanol–water partition coefficient (Wildman–Crippen LogP) is 0.545. The third kappa shape index (κ3) is 2.95. The highest BCUT2D eigenvalue weighted by Crippen LogP contribution is 2.10. The Labute approximate surface area is 87.8 Å². The molecule has 3 N–H and O–H groups in total. The van der Waals surface area contributed by atoms with Gasteiger partial charge in [-0.1, -0.05) is 18.2 Å². The van der Waals surface area contributed by atoms with Crippen LogP contribution < -0.4 is 11.1 Å². The molecule has 0 aliphatic rings. The quantitative estimate of drug-likeness (QED) is 0.705. The van der Waals surface area contributed by atoms with Gasteiger partial charge in [0.15, 0.2) is 0 Å². The summed E-state index contributed by atoms with van der Waals surface area (Å²) in [4.78, 5) is 22.0. The summed E-state index contributed by atoms with van der Waals surface area (Å²) in [5, 5.41) is 2.52. The number of rotatable bonds is 3. The van der Waals surface area contributed by atoms with E-state index in [1.54, 1.807) is 31.3 Å². The second kappa shape index (κ2) is 4.95. The van der Waals surface area contributed by atoms with Crippen molar-refractivity contribution in [2.45, 2.75) is 0 Å². The first kappa shape index (κ1) is 11.0. The molecule has 0 saturated heterocycles. The SMILES string of the molecule is CNC(=O)c1ccccc1/C=C/C(N)=O. The van der Waals surface area contributed by atoms with Crippen molar-refractivity contribution in [3.8, 4) is 0 Å². The molecule has 0 aromatic heterocycles. The van der Waals surface area contributed by atoms with E-state index < -0.39 is 5.91 Å². The molecular weight excluding hydrogens is 192 g/mol. The number of carbonyl (C=O) groups excluding carboxylic acids is 2. The van der Waals surface area contributed by atoms with Crippen LogP contribution in [0.15, 0.2) is 30.3 Å². The summed E-state index contributed by atoms with van der Waals surface area (Å²) in [6, 6.07) is 6.96. The zero-order valence-corrected chi connectivity index (χ0v) is 8.36. The number of benzene rings is 1. The van der Waals surface area contributed by atoms with E-state index >= 15 is 0 Å². The molecular formula is C11H12N2O2. The maximum atomic E-state index is 11.4. The molecule has 4 heteroatoms. The van der Waals surface area contributed by atoms with Crippen molar-refractivity contribution in [1.82, 2.24) is 5.32 Å². The molecule has 78 valence electrons. The van der Waals surface area contributed by atoms with Crippen LogP contribution in [0.4, 0.5) is 0 Å². The van der Waals surface area contributed by atoms with E-state index in [4.69, 9.17) is 5.73 Å². The molecule has 0 unspecified atom stereocenters. The van der Waals surface area contributed by atoms with E-state index in [1.165, 1.54) is 12.2 Å². The molecule has 2 amide bonds. The van der Waals surface area contributed by atoms with Gasteiger partial charge in [0.05, 0.1) is 0 Å². The van der Waals surface area contributed by atoms with Gasteiger partial charge >= 0.3 is 0 Å². The highest BCUT2D eigenvalue weighted by Gasteiger charge is 2.06. The Morgan fingerprint density at radius 2 is 2.00 bits per heavy atom. The summed E-state index contributed by atoms with van der Waals surface area (Å²) < 4.78 is 0. The van der Waals surface area contributed by atoms with Crippen molar-refractivity contribution in [3.63, 3.8) is 0 Å². The maximum absolute atomic E-state index is 11.4. The number of nitrogens with two attached hydrogens (primary N) is 1. The summed E-state index contributed by atoms with van der Waals surface area (Å²) in [5.74, 6) is -0.735. The Balaban J connectivity index is 3.06. The lowest BCUT2D eigenvalue weighted by Crippen LogP contribution is -2.18. The largest absolute Gasteiger partial charge is 0.366 e. The third-order valence-corrected chi connectivity index (χ3v) is 1.86. The first-order chi connectivity index (χ1) is 7.15. The Kier molecular flexibility index (Phi) is 3.62. The van der Waals surface area contributed by atoms with Gasteiger partial charge in [-0.2, -0.15) is 0 Å². The van der Waals surface area contributed by atoms with Gasteiger partial charge in [-0.3, -0.25) is 9.59 Å². The van der Waals surface area contributed by atoms with E-state index in [1.807, 2.05) is 0 Å². The lowest BCUT2D eigenvalue weighted by Gasteiger charge is -2.03. The fourth-order valence-electron chi connectivity index (χ4n) is 1.16. The van der Waals surface area contributed by atoms with Crippen molar-refractivity contribution >= 4 is 17.9 Å². The molecule has 1 rings (SSSR count). The minimum absolute atomic E-state index is 0.195. The first-order valence-corrected chi connectivity index (χ1v) is 4.43. The number of amides is 2. The van der Waals surface area contributed by atoms with Crippen LogP contribution in [0.1, 0.15) is 15.9 Å². The molecule has 0 bridgehead atoms. The fraction of sp³-hybridized carbons (Fsp3) is 0.0909. The van der Waals surface area contributed by atoms with E-state index in [0.717, 1.165) is 0 Å². The summed E-state index contributed by atoms with van der Waals surface area (Å²) in [7, 11) is 1.55. The second-order valence-corrected chi connectivity index (χ2v) is 2.90. The normalized spacial score (nSPS) is 10.2. The van der Waals surface area contributed by atoms with Crippen LogP contribution in [-0.2, 0) is 4.79 Å². The predicted molar refractivity (Wildman–Crippen MR) is 58.1 cm³/mol. The van der Waals surface area contributed by atoms with Crippen LogP contribution in [0.5, 0.6) is 0 Å². The molecule has 1 aromatic rings. The summed E-state index contributed by atoms with van der Waals surface area (Å²) in [6.07, 6.45) is 2.74. The first-order valence-electron chi connectivity index (χ1n) is 4.43. The van der Waals surface area contributed by atoms with Gasteiger partial charge in [0.1, 0.15) is 0 Å². The molecule has 0 radical (unpaired) electrons. The van der Waals surface area contributed by atoms with Crippen LogP contribution in [0, 0.1) is 0 Å². The van der Waals surface area contributed by atoms with E-state index in [2.05, 4.69) is 5.32 Å². The molecule has 0 spiro atoms. The number of nitrogens with one attached hydrogen (secondary N) is 1. The molecule has 0 saturated carbocycles. The van der Waals surface area contributed by atoms with Gasteiger partial charge in [0, 0.05) is 18.7 Å². The van der Waals surface area contributed by atoms with Crippen molar-refractivity contribution in [1.29, 1.82) is 0 Å². The highest BCUT2D eigenvalue weighted by molar-refractivity contribution is 5.99. The number of hydrogen-bond acceptors (Lipinski definition) is 2. The van der Waals surface area contributed by atoms with Crippen LogP contribution in [0.3, 0.4) is 0 Å². The second-order valence-electron chi connectivity index (χ2n) is 2.90. The fourth-order valence-corrected chi connectivity index (χ4v) is 1.16. The average molecular weight is 204 g/mol. The van der Waals surface area contributed by atoms with E-state index in [0.29, 0.717) is 11.1 Å². The van der Waals surface area contributed by atoms with Crippen molar-refractivity contribution in [2.75, 3.05) is 7.05 Å². The molecule has 1 aromatic carbocycles. The van der Waals surface area contributed by atoms with Gasteiger partial charge in [-0.05, 0) is 17.7 Å². The van der Waals surface area contributed by atoms with Gasteiger partial charge < -0.3 is 11.1 Å². The Morgan fingerprint density at radius 3 is 2.60 bits per heavy atom. The topological polar surface area (TPSA) is 72.2 Å². The van der Waals surface area contributed by atoms with Gasteiger partial charge in [-0.15, -0.1) is 0 Å². The molecule has 0 heterocycles. The molecule has 15 heavy (non-hydrogen) atoms. The average Bonchev–Trinajstić information content (AvgIpc) is 2.25. The standard InChI is InChI=1S/C11H12N2O2/c1-13-11(15)9-5-3-2-4-8(9)6-7-10(12)14/h2-7H,1H3,(H2,12,14)(H,13,15)/b7-6+. The van der Waals surface area contributed by atoms with Gasteiger partial charge in [-0.25, -0.2) is 0 Å². The zero-order chi connectivity index (χ0) is 11.3. The van der Waals surface area contributed by atoms with Crippen LogP contribution >= 0.6 is 0 Å².